The highest BCUT2D eigenvalue weighted by molar-refractivity contribution is 5.33. The molecular weight excluding hydrogens is 257 g/mol. The SMILES string of the molecule is COc1ccc(C(N)C(OC)c2ccccc2)c(F)c1. The van der Waals surface area contributed by atoms with Crippen molar-refractivity contribution in [1.29, 1.82) is 0 Å². The molecule has 2 atom stereocenters. The molecule has 20 heavy (non-hydrogen) atoms. The second-order valence-corrected chi connectivity index (χ2v) is 4.48. The summed E-state index contributed by atoms with van der Waals surface area (Å²) < 4.78 is 24.5. The van der Waals surface area contributed by atoms with Gasteiger partial charge in [-0.1, -0.05) is 36.4 Å². The van der Waals surface area contributed by atoms with Crippen LogP contribution in [0.1, 0.15) is 23.3 Å². The standard InChI is InChI=1S/C16H18FNO2/c1-19-12-8-9-13(14(17)10-12)15(18)16(20-2)11-6-4-3-5-7-11/h3-10,15-16H,18H2,1-2H3. The topological polar surface area (TPSA) is 44.5 Å². The fraction of sp³-hybridized carbons (Fsp3) is 0.250. The van der Waals surface area contributed by atoms with Crippen molar-refractivity contribution in [2.45, 2.75) is 12.1 Å². The van der Waals surface area contributed by atoms with E-state index in [-0.39, 0.29) is 0 Å². The van der Waals surface area contributed by atoms with Crippen molar-refractivity contribution in [3.05, 3.63) is 65.5 Å². The van der Waals surface area contributed by atoms with Gasteiger partial charge in [0.25, 0.3) is 0 Å². The van der Waals surface area contributed by atoms with E-state index in [4.69, 9.17) is 15.2 Å². The molecule has 0 aromatic heterocycles. The maximum absolute atomic E-state index is 14.1. The van der Waals surface area contributed by atoms with Crippen LogP contribution in [0.15, 0.2) is 48.5 Å². The fourth-order valence-corrected chi connectivity index (χ4v) is 2.20. The predicted molar refractivity (Wildman–Crippen MR) is 76.1 cm³/mol. The predicted octanol–water partition coefficient (Wildman–Crippen LogP) is 3.22. The van der Waals surface area contributed by atoms with Crippen LogP contribution in [-0.4, -0.2) is 14.2 Å². The van der Waals surface area contributed by atoms with Gasteiger partial charge < -0.3 is 15.2 Å². The molecule has 2 aromatic rings. The van der Waals surface area contributed by atoms with E-state index in [9.17, 15) is 4.39 Å². The van der Waals surface area contributed by atoms with Crippen LogP contribution in [0.5, 0.6) is 5.75 Å². The number of benzene rings is 2. The summed E-state index contributed by atoms with van der Waals surface area (Å²) in [6, 6.07) is 13.6. The average molecular weight is 275 g/mol. The second kappa shape index (κ2) is 6.50. The molecule has 2 rings (SSSR count). The van der Waals surface area contributed by atoms with Crippen LogP contribution in [-0.2, 0) is 4.74 Å². The molecule has 2 N–H and O–H groups in total. The molecule has 0 bridgehead atoms. The molecule has 0 heterocycles. The molecule has 0 aliphatic heterocycles. The lowest BCUT2D eigenvalue weighted by Gasteiger charge is -2.24. The number of hydrogen-bond donors (Lipinski definition) is 1. The molecule has 0 amide bonds. The summed E-state index contributed by atoms with van der Waals surface area (Å²) in [6.45, 7) is 0. The number of hydrogen-bond acceptors (Lipinski definition) is 3. The Morgan fingerprint density at radius 3 is 2.30 bits per heavy atom. The Morgan fingerprint density at radius 2 is 1.75 bits per heavy atom. The lowest BCUT2D eigenvalue weighted by atomic mass is 9.96. The molecule has 3 nitrogen and oxygen atoms in total. The number of rotatable bonds is 5. The van der Waals surface area contributed by atoms with Crippen LogP contribution in [0.25, 0.3) is 0 Å². The van der Waals surface area contributed by atoms with Gasteiger partial charge in [-0.05, 0) is 11.6 Å². The number of nitrogens with two attached hydrogens (primary N) is 1. The van der Waals surface area contributed by atoms with Crippen LogP contribution < -0.4 is 10.5 Å². The van der Waals surface area contributed by atoms with E-state index in [0.717, 1.165) is 5.56 Å². The molecule has 4 heteroatoms. The monoisotopic (exact) mass is 275 g/mol. The van der Waals surface area contributed by atoms with Gasteiger partial charge in [0.15, 0.2) is 0 Å². The molecule has 0 aliphatic carbocycles. The van der Waals surface area contributed by atoms with Crippen LogP contribution in [0, 0.1) is 5.82 Å². The highest BCUT2D eigenvalue weighted by Crippen LogP contribution is 2.32. The molecule has 0 saturated heterocycles. The highest BCUT2D eigenvalue weighted by atomic mass is 19.1. The Morgan fingerprint density at radius 1 is 1.05 bits per heavy atom. The smallest absolute Gasteiger partial charge is 0.131 e. The van der Waals surface area contributed by atoms with E-state index in [0.29, 0.717) is 11.3 Å². The number of ether oxygens (including phenoxy) is 2. The number of methoxy groups -OCH3 is 2. The minimum Gasteiger partial charge on any atom is -0.497 e. The summed E-state index contributed by atoms with van der Waals surface area (Å²) in [5.74, 6) is 0.0713. The third kappa shape index (κ3) is 2.98. The van der Waals surface area contributed by atoms with Crippen molar-refractivity contribution < 1.29 is 13.9 Å². The summed E-state index contributed by atoms with van der Waals surface area (Å²) in [6.07, 6.45) is -0.404. The summed E-state index contributed by atoms with van der Waals surface area (Å²) in [5.41, 5.74) is 7.49. The van der Waals surface area contributed by atoms with E-state index in [1.165, 1.54) is 13.2 Å². The Bertz CT molecular complexity index is 560. The highest BCUT2D eigenvalue weighted by Gasteiger charge is 2.23. The van der Waals surface area contributed by atoms with Gasteiger partial charge in [-0.25, -0.2) is 4.39 Å². The lowest BCUT2D eigenvalue weighted by molar-refractivity contribution is 0.0791. The van der Waals surface area contributed by atoms with Crippen LogP contribution in [0.3, 0.4) is 0 Å². The van der Waals surface area contributed by atoms with Crippen LogP contribution >= 0.6 is 0 Å². The van der Waals surface area contributed by atoms with E-state index in [1.54, 1.807) is 19.2 Å². The minimum atomic E-state index is -0.590. The molecule has 2 aromatic carbocycles. The maximum atomic E-state index is 14.1. The van der Waals surface area contributed by atoms with Gasteiger partial charge in [-0.3, -0.25) is 0 Å². The first kappa shape index (κ1) is 14.5. The summed E-state index contributed by atoms with van der Waals surface area (Å²) in [4.78, 5) is 0. The van der Waals surface area contributed by atoms with Gasteiger partial charge in [-0.15, -0.1) is 0 Å². The largest absolute Gasteiger partial charge is 0.497 e. The van der Waals surface area contributed by atoms with E-state index >= 15 is 0 Å². The molecule has 0 saturated carbocycles. The van der Waals surface area contributed by atoms with Gasteiger partial charge >= 0.3 is 0 Å². The molecule has 2 unspecified atom stereocenters. The molecule has 106 valence electrons. The average Bonchev–Trinajstić information content (AvgIpc) is 2.48. The minimum absolute atomic E-state index is 0.394. The fourth-order valence-electron chi connectivity index (χ4n) is 2.20. The Hall–Kier alpha value is -1.91. The van der Waals surface area contributed by atoms with E-state index in [2.05, 4.69) is 0 Å². The number of halogens is 1. The molecule has 0 spiro atoms. The normalized spacial score (nSPS) is 13.8. The first-order valence-electron chi connectivity index (χ1n) is 6.34. The zero-order chi connectivity index (χ0) is 14.5. The summed E-state index contributed by atoms with van der Waals surface area (Å²) >= 11 is 0. The molecule has 0 radical (unpaired) electrons. The Balaban J connectivity index is 2.31. The quantitative estimate of drug-likeness (QED) is 0.911. The van der Waals surface area contributed by atoms with Crippen molar-refractivity contribution >= 4 is 0 Å². The van der Waals surface area contributed by atoms with Crippen LogP contribution in [0.4, 0.5) is 4.39 Å². The van der Waals surface area contributed by atoms with Gasteiger partial charge in [-0.2, -0.15) is 0 Å². The van der Waals surface area contributed by atoms with Gasteiger partial charge in [0.05, 0.1) is 13.2 Å². The van der Waals surface area contributed by atoms with Crippen molar-refractivity contribution in [3.8, 4) is 5.75 Å². The van der Waals surface area contributed by atoms with Crippen molar-refractivity contribution in [2.24, 2.45) is 5.73 Å². The molecular formula is C16H18FNO2. The maximum Gasteiger partial charge on any atom is 0.131 e. The van der Waals surface area contributed by atoms with Gasteiger partial charge in [0.1, 0.15) is 17.7 Å². The zero-order valence-corrected chi connectivity index (χ0v) is 11.5. The first-order chi connectivity index (χ1) is 9.67. The van der Waals surface area contributed by atoms with Gasteiger partial charge in [0, 0.05) is 18.7 Å². The van der Waals surface area contributed by atoms with Crippen molar-refractivity contribution in [2.75, 3.05) is 14.2 Å². The van der Waals surface area contributed by atoms with E-state index < -0.39 is 18.0 Å². The van der Waals surface area contributed by atoms with Crippen molar-refractivity contribution in [3.63, 3.8) is 0 Å². The zero-order valence-electron chi connectivity index (χ0n) is 11.5. The lowest BCUT2D eigenvalue weighted by Crippen LogP contribution is -2.22. The first-order valence-corrected chi connectivity index (χ1v) is 6.34. The Labute approximate surface area is 118 Å². The Kier molecular flexibility index (Phi) is 4.71. The molecule has 0 fully saturated rings. The summed E-state index contributed by atoms with van der Waals surface area (Å²) in [5, 5.41) is 0. The van der Waals surface area contributed by atoms with E-state index in [1.807, 2.05) is 30.3 Å². The summed E-state index contributed by atoms with van der Waals surface area (Å²) in [7, 11) is 3.06. The van der Waals surface area contributed by atoms with Crippen molar-refractivity contribution in [1.82, 2.24) is 0 Å². The second-order valence-electron chi connectivity index (χ2n) is 4.48. The van der Waals surface area contributed by atoms with Crippen LogP contribution in [0.2, 0.25) is 0 Å². The van der Waals surface area contributed by atoms with Gasteiger partial charge in [0.2, 0.25) is 0 Å². The third-order valence-electron chi connectivity index (χ3n) is 3.27. The molecule has 0 aliphatic rings. The third-order valence-corrected chi connectivity index (χ3v) is 3.27.